The molecule has 1 aliphatic heterocycles. The number of para-hydroxylation sites is 1. The number of hydrogen-bond donors (Lipinski definition) is 0. The predicted octanol–water partition coefficient (Wildman–Crippen LogP) is 1.95. The summed E-state index contributed by atoms with van der Waals surface area (Å²) in [5.41, 5.74) is 2.44. The van der Waals surface area contributed by atoms with E-state index in [1.807, 2.05) is 43.3 Å². The van der Waals surface area contributed by atoms with E-state index in [1.54, 1.807) is 5.01 Å². The molecule has 0 aliphatic carbocycles. The van der Waals surface area contributed by atoms with Crippen LogP contribution in [0.3, 0.4) is 0 Å². The summed E-state index contributed by atoms with van der Waals surface area (Å²) >= 11 is 0. The number of anilines is 1. The zero-order valence-electron chi connectivity index (χ0n) is 11.3. The van der Waals surface area contributed by atoms with Gasteiger partial charge in [0, 0.05) is 26.2 Å². The fraction of sp³-hybridized carbons (Fsp3) is 0.429. The first-order valence-electron chi connectivity index (χ1n) is 6.18. The molecule has 1 aliphatic rings. The summed E-state index contributed by atoms with van der Waals surface area (Å²) in [7, 11) is 3.65. The number of amides is 1. The summed E-state index contributed by atoms with van der Waals surface area (Å²) in [6.45, 7) is 4.94. The van der Waals surface area contributed by atoms with Crippen LogP contribution in [0.25, 0.3) is 0 Å². The lowest BCUT2D eigenvalue weighted by atomic mass is 10.1. The molecule has 18 heavy (non-hydrogen) atoms. The van der Waals surface area contributed by atoms with E-state index in [-0.39, 0.29) is 5.91 Å². The molecule has 0 spiro atoms. The number of rotatable bonds is 3. The molecular formula is C14H19N3O. The molecule has 0 bridgehead atoms. The van der Waals surface area contributed by atoms with Crippen molar-refractivity contribution in [1.82, 2.24) is 5.01 Å². The van der Waals surface area contributed by atoms with Gasteiger partial charge in [-0.25, -0.2) is 0 Å². The first kappa shape index (κ1) is 12.6. The second-order valence-corrected chi connectivity index (χ2v) is 5.12. The maximum atomic E-state index is 12.4. The molecule has 0 fully saturated rings. The number of hydrazone groups is 1. The van der Waals surface area contributed by atoms with Crippen LogP contribution in [-0.4, -0.2) is 37.3 Å². The fourth-order valence-corrected chi connectivity index (χ4v) is 2.10. The van der Waals surface area contributed by atoms with Crippen molar-refractivity contribution in [2.45, 2.75) is 13.8 Å². The molecule has 1 heterocycles. The lowest BCUT2D eigenvalue weighted by Crippen LogP contribution is -2.33. The quantitative estimate of drug-likeness (QED) is 0.763. The highest BCUT2D eigenvalue weighted by molar-refractivity contribution is 6.54. The van der Waals surface area contributed by atoms with E-state index in [2.05, 4.69) is 18.9 Å². The minimum atomic E-state index is -0.00130. The van der Waals surface area contributed by atoms with E-state index in [1.165, 1.54) is 0 Å². The molecule has 0 atom stereocenters. The number of fused-ring (bicyclic) bond motifs is 1. The predicted molar refractivity (Wildman–Crippen MR) is 73.9 cm³/mol. The molecule has 0 unspecified atom stereocenters. The molecule has 1 amide bonds. The van der Waals surface area contributed by atoms with Crippen LogP contribution in [0, 0.1) is 5.92 Å². The van der Waals surface area contributed by atoms with Crippen molar-refractivity contribution >= 4 is 17.3 Å². The van der Waals surface area contributed by atoms with Gasteiger partial charge in [0.25, 0.3) is 5.91 Å². The molecule has 1 aromatic carbocycles. The second-order valence-electron chi connectivity index (χ2n) is 5.12. The zero-order valence-corrected chi connectivity index (χ0v) is 11.3. The Labute approximate surface area is 108 Å². The average molecular weight is 245 g/mol. The Morgan fingerprint density at radius 1 is 1.28 bits per heavy atom. The first-order valence-corrected chi connectivity index (χ1v) is 6.18. The molecule has 4 heteroatoms. The SMILES string of the molecule is CC(C)CN1C(=O)C(=NN(C)C)c2ccccc21. The Balaban J connectivity index is 2.46. The van der Waals surface area contributed by atoms with E-state index < -0.39 is 0 Å². The van der Waals surface area contributed by atoms with Crippen LogP contribution in [0.4, 0.5) is 5.69 Å². The highest BCUT2D eigenvalue weighted by atomic mass is 16.2. The van der Waals surface area contributed by atoms with Gasteiger partial charge in [-0.15, -0.1) is 0 Å². The van der Waals surface area contributed by atoms with Gasteiger partial charge in [0.15, 0.2) is 5.71 Å². The van der Waals surface area contributed by atoms with Gasteiger partial charge >= 0.3 is 0 Å². The summed E-state index contributed by atoms with van der Waals surface area (Å²) in [6.07, 6.45) is 0. The largest absolute Gasteiger partial charge is 0.306 e. The van der Waals surface area contributed by atoms with Crippen molar-refractivity contribution in [3.63, 3.8) is 0 Å². The molecule has 96 valence electrons. The Bertz CT molecular complexity index is 492. The third-order valence-corrected chi connectivity index (χ3v) is 2.75. The number of nitrogens with zero attached hydrogens (tertiary/aromatic N) is 3. The van der Waals surface area contributed by atoms with Crippen molar-refractivity contribution in [2.24, 2.45) is 11.0 Å². The standard InChI is InChI=1S/C14H19N3O/c1-10(2)9-17-12-8-6-5-7-11(12)13(14(17)18)15-16(3)4/h5-8,10H,9H2,1-4H3. The van der Waals surface area contributed by atoms with Crippen LogP contribution in [0.15, 0.2) is 29.4 Å². The molecule has 0 aromatic heterocycles. The maximum Gasteiger partial charge on any atom is 0.279 e. The van der Waals surface area contributed by atoms with Crippen molar-refractivity contribution in [2.75, 3.05) is 25.5 Å². The van der Waals surface area contributed by atoms with Gasteiger partial charge in [0.2, 0.25) is 0 Å². The Morgan fingerprint density at radius 2 is 1.94 bits per heavy atom. The maximum absolute atomic E-state index is 12.4. The van der Waals surface area contributed by atoms with Crippen LogP contribution < -0.4 is 4.90 Å². The Hall–Kier alpha value is -1.84. The third-order valence-electron chi connectivity index (χ3n) is 2.75. The van der Waals surface area contributed by atoms with Gasteiger partial charge < -0.3 is 9.91 Å². The van der Waals surface area contributed by atoms with Gasteiger partial charge in [0.05, 0.1) is 5.69 Å². The molecular weight excluding hydrogens is 226 g/mol. The second kappa shape index (κ2) is 4.80. The van der Waals surface area contributed by atoms with E-state index in [9.17, 15) is 4.79 Å². The topological polar surface area (TPSA) is 35.9 Å². The van der Waals surface area contributed by atoms with Gasteiger partial charge in [-0.1, -0.05) is 32.0 Å². The number of benzene rings is 1. The van der Waals surface area contributed by atoms with E-state index in [0.717, 1.165) is 17.8 Å². The summed E-state index contributed by atoms with van der Waals surface area (Å²) in [5.74, 6) is 0.430. The van der Waals surface area contributed by atoms with Crippen molar-refractivity contribution in [1.29, 1.82) is 0 Å². The van der Waals surface area contributed by atoms with Crippen molar-refractivity contribution in [3.8, 4) is 0 Å². The smallest absolute Gasteiger partial charge is 0.279 e. The van der Waals surface area contributed by atoms with Gasteiger partial charge in [0.1, 0.15) is 0 Å². The minimum absolute atomic E-state index is 0.00130. The van der Waals surface area contributed by atoms with Crippen LogP contribution in [0.1, 0.15) is 19.4 Å². The van der Waals surface area contributed by atoms with Crippen molar-refractivity contribution < 1.29 is 4.79 Å². The van der Waals surface area contributed by atoms with E-state index in [0.29, 0.717) is 11.6 Å². The van der Waals surface area contributed by atoms with Crippen LogP contribution >= 0.6 is 0 Å². The Kier molecular flexibility index (Phi) is 3.36. The van der Waals surface area contributed by atoms with E-state index >= 15 is 0 Å². The molecule has 0 N–H and O–H groups in total. The lowest BCUT2D eigenvalue weighted by Gasteiger charge is -2.18. The third kappa shape index (κ3) is 2.23. The number of carbonyl (C=O) groups is 1. The molecule has 0 saturated heterocycles. The van der Waals surface area contributed by atoms with Crippen LogP contribution in [-0.2, 0) is 4.79 Å². The fourth-order valence-electron chi connectivity index (χ4n) is 2.10. The molecule has 2 rings (SSSR count). The monoisotopic (exact) mass is 245 g/mol. The summed E-state index contributed by atoms with van der Waals surface area (Å²) in [6, 6.07) is 7.83. The zero-order chi connectivity index (χ0) is 13.3. The Morgan fingerprint density at radius 3 is 2.56 bits per heavy atom. The minimum Gasteiger partial charge on any atom is -0.306 e. The molecule has 0 saturated carbocycles. The molecule has 1 aromatic rings. The average Bonchev–Trinajstić information content (AvgIpc) is 2.54. The summed E-state index contributed by atoms with van der Waals surface area (Å²) < 4.78 is 0. The van der Waals surface area contributed by atoms with E-state index in [4.69, 9.17) is 0 Å². The van der Waals surface area contributed by atoms with Crippen molar-refractivity contribution in [3.05, 3.63) is 29.8 Å². The van der Waals surface area contributed by atoms with Crippen LogP contribution in [0.2, 0.25) is 0 Å². The number of hydrogen-bond acceptors (Lipinski definition) is 3. The van der Waals surface area contributed by atoms with Crippen LogP contribution in [0.5, 0.6) is 0 Å². The first-order chi connectivity index (χ1) is 8.50. The van der Waals surface area contributed by atoms with Gasteiger partial charge in [-0.3, -0.25) is 4.79 Å². The molecule has 0 radical (unpaired) electrons. The summed E-state index contributed by atoms with van der Waals surface area (Å²) in [4.78, 5) is 14.2. The number of carbonyl (C=O) groups excluding carboxylic acids is 1. The highest BCUT2D eigenvalue weighted by Crippen LogP contribution is 2.29. The normalized spacial score (nSPS) is 16.6. The summed E-state index contributed by atoms with van der Waals surface area (Å²) in [5, 5.41) is 5.98. The lowest BCUT2D eigenvalue weighted by molar-refractivity contribution is -0.112. The van der Waals surface area contributed by atoms with Gasteiger partial charge in [-0.05, 0) is 12.0 Å². The highest BCUT2D eigenvalue weighted by Gasteiger charge is 2.34. The van der Waals surface area contributed by atoms with Gasteiger partial charge in [-0.2, -0.15) is 5.10 Å². The molecule has 4 nitrogen and oxygen atoms in total.